The van der Waals surface area contributed by atoms with Gasteiger partial charge in [0.25, 0.3) is 5.91 Å². The van der Waals surface area contributed by atoms with Crippen LogP contribution < -0.4 is 14.8 Å². The smallest absolute Gasteiger partial charge is 0.271 e. The lowest BCUT2D eigenvalue weighted by Crippen LogP contribution is -2.36. The monoisotopic (exact) mass is 570 g/mol. The number of nitrogens with zero attached hydrogens (tertiary/aromatic N) is 3. The summed E-state index contributed by atoms with van der Waals surface area (Å²) in [4.78, 5) is 35.2. The van der Waals surface area contributed by atoms with Crippen molar-refractivity contribution >= 4 is 27.6 Å². The van der Waals surface area contributed by atoms with Gasteiger partial charge in [0.05, 0.1) is 5.75 Å². The zero-order valence-corrected chi connectivity index (χ0v) is 23.4. The second kappa shape index (κ2) is 14.9. The topological polar surface area (TPSA) is 173 Å². The van der Waals surface area contributed by atoms with E-state index in [0.29, 0.717) is 18.1 Å². The highest BCUT2D eigenvalue weighted by Crippen LogP contribution is 2.24. The molecule has 3 N–H and O–H groups in total. The number of aromatic amines is 1. The molecule has 0 aliphatic heterocycles. The Labute approximate surface area is 233 Å². The number of ether oxygens (including phenoxy) is 1. The molecule has 2 aromatic carbocycles. The summed E-state index contributed by atoms with van der Waals surface area (Å²) in [6.07, 6.45) is 2.45. The SMILES string of the molecule is CC(=O)[C@@H](C)CCCCNC(=O)CCCS(=O)(=O)NC(=O)COc1ccc(-c2ccc(-c3nn[nH]n3)cc2)cc1. The molecule has 0 saturated carbocycles. The van der Waals surface area contributed by atoms with Gasteiger partial charge >= 0.3 is 0 Å². The number of unbranched alkanes of at least 4 members (excludes halogenated alkanes) is 1. The fourth-order valence-corrected chi connectivity index (χ4v) is 4.79. The van der Waals surface area contributed by atoms with Crippen LogP contribution in [0.15, 0.2) is 48.5 Å². The molecular weight excluding hydrogens is 536 g/mol. The van der Waals surface area contributed by atoms with Crippen LogP contribution in [-0.2, 0) is 24.4 Å². The molecule has 0 radical (unpaired) electrons. The zero-order valence-electron chi connectivity index (χ0n) is 22.6. The fraction of sp³-hybridized carbons (Fsp3) is 0.407. The number of rotatable bonds is 16. The number of aromatic nitrogens is 4. The van der Waals surface area contributed by atoms with E-state index in [1.54, 1.807) is 19.1 Å². The van der Waals surface area contributed by atoms with Crippen LogP contribution >= 0.6 is 0 Å². The van der Waals surface area contributed by atoms with Gasteiger partial charge in [-0.1, -0.05) is 49.7 Å². The molecule has 0 unspecified atom stereocenters. The van der Waals surface area contributed by atoms with E-state index in [1.165, 1.54) is 0 Å². The summed E-state index contributed by atoms with van der Waals surface area (Å²) < 4.78 is 31.8. The van der Waals surface area contributed by atoms with Crippen LogP contribution in [0.5, 0.6) is 5.75 Å². The van der Waals surface area contributed by atoms with Gasteiger partial charge in [0, 0.05) is 24.4 Å². The molecule has 0 saturated heterocycles. The first-order chi connectivity index (χ1) is 19.1. The van der Waals surface area contributed by atoms with E-state index in [4.69, 9.17) is 4.74 Å². The normalized spacial score (nSPS) is 11.9. The van der Waals surface area contributed by atoms with Gasteiger partial charge in [0.2, 0.25) is 21.8 Å². The molecule has 1 aromatic heterocycles. The molecule has 1 heterocycles. The second-order valence-electron chi connectivity index (χ2n) is 9.43. The van der Waals surface area contributed by atoms with Gasteiger partial charge in [-0.05, 0) is 54.7 Å². The average Bonchev–Trinajstić information content (AvgIpc) is 3.47. The Kier molecular flexibility index (Phi) is 11.3. The number of hydrogen-bond acceptors (Lipinski definition) is 9. The number of carbonyl (C=O) groups is 3. The maximum absolute atomic E-state index is 12.2. The first kappa shape index (κ1) is 30.4. The third-order valence-corrected chi connectivity index (χ3v) is 7.58. The highest BCUT2D eigenvalue weighted by atomic mass is 32.2. The summed E-state index contributed by atoms with van der Waals surface area (Å²) in [6, 6.07) is 14.6. The summed E-state index contributed by atoms with van der Waals surface area (Å²) >= 11 is 0. The van der Waals surface area contributed by atoms with E-state index in [-0.39, 0.29) is 36.2 Å². The van der Waals surface area contributed by atoms with Crippen molar-refractivity contribution in [1.82, 2.24) is 30.7 Å². The number of carbonyl (C=O) groups excluding carboxylic acids is 3. The highest BCUT2D eigenvalue weighted by molar-refractivity contribution is 7.90. The van der Waals surface area contributed by atoms with E-state index in [9.17, 15) is 22.8 Å². The van der Waals surface area contributed by atoms with Crippen molar-refractivity contribution in [2.24, 2.45) is 5.92 Å². The predicted octanol–water partition coefficient (Wildman–Crippen LogP) is 2.65. The Balaban J connectivity index is 1.33. The van der Waals surface area contributed by atoms with Crippen molar-refractivity contribution in [2.45, 2.75) is 46.0 Å². The molecule has 0 aliphatic carbocycles. The average molecular weight is 571 g/mol. The molecule has 13 heteroatoms. The Hall–Kier alpha value is -4.13. The Bertz CT molecular complexity index is 1360. The van der Waals surface area contributed by atoms with Crippen molar-refractivity contribution in [3.05, 3.63) is 48.5 Å². The summed E-state index contributed by atoms with van der Waals surface area (Å²) in [5.74, 6) is -0.336. The molecule has 2 amide bonds. The molecule has 12 nitrogen and oxygen atoms in total. The number of H-pyrrole nitrogens is 1. The van der Waals surface area contributed by atoms with E-state index in [2.05, 4.69) is 25.9 Å². The molecule has 1 atom stereocenters. The molecule has 214 valence electrons. The quantitative estimate of drug-likeness (QED) is 0.219. The molecule has 0 fully saturated rings. The minimum atomic E-state index is -3.90. The van der Waals surface area contributed by atoms with Gasteiger partial charge in [0.1, 0.15) is 11.5 Å². The Morgan fingerprint density at radius 1 is 0.925 bits per heavy atom. The van der Waals surface area contributed by atoms with Gasteiger partial charge in [-0.25, -0.2) is 8.42 Å². The summed E-state index contributed by atoms with van der Waals surface area (Å²) in [6.45, 7) is 3.45. The van der Waals surface area contributed by atoms with Crippen molar-refractivity contribution in [1.29, 1.82) is 0 Å². The van der Waals surface area contributed by atoms with E-state index in [0.717, 1.165) is 36.0 Å². The summed E-state index contributed by atoms with van der Waals surface area (Å²) in [5, 5.41) is 16.6. The first-order valence-electron chi connectivity index (χ1n) is 13.0. The van der Waals surface area contributed by atoms with Crippen molar-refractivity contribution in [2.75, 3.05) is 18.9 Å². The summed E-state index contributed by atoms with van der Waals surface area (Å²) in [7, 11) is -3.90. The lowest BCUT2D eigenvalue weighted by molar-refractivity contribution is -0.121. The van der Waals surface area contributed by atoms with Crippen LogP contribution in [-0.4, -0.2) is 65.5 Å². The number of sulfonamides is 1. The second-order valence-corrected chi connectivity index (χ2v) is 11.3. The summed E-state index contributed by atoms with van der Waals surface area (Å²) in [5.41, 5.74) is 2.70. The van der Waals surface area contributed by atoms with Crippen LogP contribution in [0, 0.1) is 5.92 Å². The van der Waals surface area contributed by atoms with Crippen LogP contribution in [0.25, 0.3) is 22.5 Å². The highest BCUT2D eigenvalue weighted by Gasteiger charge is 2.16. The lowest BCUT2D eigenvalue weighted by atomic mass is 10.0. The van der Waals surface area contributed by atoms with Crippen LogP contribution in [0.1, 0.15) is 46.0 Å². The van der Waals surface area contributed by atoms with Gasteiger partial charge in [-0.15, -0.1) is 10.2 Å². The molecule has 0 spiro atoms. The van der Waals surface area contributed by atoms with E-state index in [1.807, 2.05) is 48.0 Å². The van der Waals surface area contributed by atoms with Gasteiger partial charge in [0.15, 0.2) is 6.61 Å². The number of ketones is 1. The molecule has 0 bridgehead atoms. The zero-order chi connectivity index (χ0) is 29.0. The van der Waals surface area contributed by atoms with Gasteiger partial charge in [-0.2, -0.15) is 5.21 Å². The number of benzene rings is 2. The maximum atomic E-state index is 12.2. The number of tetrazole rings is 1. The lowest BCUT2D eigenvalue weighted by Gasteiger charge is -2.10. The molecule has 3 aromatic rings. The van der Waals surface area contributed by atoms with Crippen LogP contribution in [0.2, 0.25) is 0 Å². The largest absolute Gasteiger partial charge is 0.484 e. The van der Waals surface area contributed by atoms with Crippen LogP contribution in [0.4, 0.5) is 0 Å². The molecule has 40 heavy (non-hydrogen) atoms. The molecule has 3 rings (SSSR count). The van der Waals surface area contributed by atoms with Gasteiger partial charge < -0.3 is 10.1 Å². The number of hydrogen-bond donors (Lipinski definition) is 3. The van der Waals surface area contributed by atoms with Crippen molar-refractivity contribution in [3.8, 4) is 28.3 Å². The third-order valence-electron chi connectivity index (χ3n) is 6.21. The minimum Gasteiger partial charge on any atom is -0.484 e. The number of nitrogens with one attached hydrogen (secondary N) is 3. The van der Waals surface area contributed by atoms with Gasteiger partial charge in [-0.3, -0.25) is 19.1 Å². The number of amides is 2. The minimum absolute atomic E-state index is 0.0153. The predicted molar refractivity (Wildman–Crippen MR) is 148 cm³/mol. The fourth-order valence-electron chi connectivity index (χ4n) is 3.76. The van der Waals surface area contributed by atoms with E-state index >= 15 is 0 Å². The Morgan fingerprint density at radius 2 is 1.57 bits per heavy atom. The Morgan fingerprint density at radius 3 is 2.20 bits per heavy atom. The standard InChI is InChI=1S/C27H34N6O6S/c1-19(20(2)34)6-3-4-16-28-25(35)7-5-17-40(37,38)31-26(36)18-39-24-14-12-22(13-15-24)21-8-10-23(11-9-21)27-29-32-33-30-27/h8-15,19H,3-7,16-18H2,1-2H3,(H,28,35)(H,31,36)(H,29,30,32,33)/t19-/m0/s1. The first-order valence-corrected chi connectivity index (χ1v) is 14.7. The van der Waals surface area contributed by atoms with E-state index < -0.39 is 22.5 Å². The maximum Gasteiger partial charge on any atom is 0.271 e. The van der Waals surface area contributed by atoms with Crippen molar-refractivity contribution < 1.29 is 27.5 Å². The third kappa shape index (κ3) is 10.2. The van der Waals surface area contributed by atoms with Crippen LogP contribution in [0.3, 0.4) is 0 Å². The van der Waals surface area contributed by atoms with Crippen molar-refractivity contribution in [3.63, 3.8) is 0 Å². The molecular formula is C27H34N6O6S. The number of Topliss-reactive ketones (excluding diaryl/α,β-unsaturated/α-hetero) is 1. The molecule has 0 aliphatic rings.